The van der Waals surface area contributed by atoms with Crippen molar-refractivity contribution in [1.29, 1.82) is 0 Å². The van der Waals surface area contributed by atoms with Crippen molar-refractivity contribution in [2.45, 2.75) is 13.3 Å². The van der Waals surface area contributed by atoms with Crippen LogP contribution in [0.15, 0.2) is 12.1 Å². The number of Topliss-reactive ketones (excluding diaryl/α,β-unsaturated/α-hetero) is 1. The molecule has 0 heterocycles. The van der Waals surface area contributed by atoms with Crippen molar-refractivity contribution in [3.63, 3.8) is 0 Å². The smallest absolute Gasteiger partial charge is 0.379 e. The van der Waals surface area contributed by atoms with Gasteiger partial charge < -0.3 is 14.2 Å². The largest absolute Gasteiger partial charge is 0.496 e. The second-order valence-electron chi connectivity index (χ2n) is 3.64. The topological polar surface area (TPSA) is 61.8 Å². The number of hydrogen-bond donors (Lipinski definition) is 0. The van der Waals surface area contributed by atoms with E-state index in [1.54, 1.807) is 6.92 Å². The highest BCUT2D eigenvalue weighted by atomic mass is 19.3. The molecule has 0 radical (unpaired) electrons. The molecule has 0 aliphatic heterocycles. The van der Waals surface area contributed by atoms with Crippen LogP contribution in [-0.2, 0) is 9.53 Å². The van der Waals surface area contributed by atoms with Crippen LogP contribution in [0.1, 0.15) is 29.3 Å². The zero-order valence-corrected chi connectivity index (χ0v) is 11.2. The summed E-state index contributed by atoms with van der Waals surface area (Å²) in [6.07, 6.45) is -2.80. The number of rotatable bonds is 6. The van der Waals surface area contributed by atoms with Gasteiger partial charge in [-0.15, -0.1) is 0 Å². The van der Waals surface area contributed by atoms with E-state index >= 15 is 0 Å². The highest BCUT2D eigenvalue weighted by molar-refractivity contribution is 6.41. The Morgan fingerprint density at radius 3 is 2.20 bits per heavy atom. The summed E-state index contributed by atoms with van der Waals surface area (Å²) in [5, 5.41) is 0. The summed E-state index contributed by atoms with van der Waals surface area (Å²) in [6, 6.07) is 2.01. The van der Waals surface area contributed by atoms with E-state index in [9.17, 15) is 18.4 Å². The molecule has 110 valence electrons. The lowest BCUT2D eigenvalue weighted by molar-refractivity contribution is -0.137. The summed E-state index contributed by atoms with van der Waals surface area (Å²) in [4.78, 5) is 23.3. The number of alkyl halides is 2. The third-order valence-corrected chi connectivity index (χ3v) is 2.49. The SMILES string of the molecule is CCOC(=O)C(=O)c1cc(OC)c(C(F)F)cc1OC. The first-order valence-electron chi connectivity index (χ1n) is 5.71. The maximum absolute atomic E-state index is 12.8. The average Bonchev–Trinajstić information content (AvgIpc) is 2.44. The Morgan fingerprint density at radius 1 is 1.15 bits per heavy atom. The van der Waals surface area contributed by atoms with Gasteiger partial charge in [0.1, 0.15) is 11.5 Å². The molecule has 0 aromatic heterocycles. The maximum Gasteiger partial charge on any atom is 0.379 e. The van der Waals surface area contributed by atoms with Crippen LogP contribution in [0.2, 0.25) is 0 Å². The van der Waals surface area contributed by atoms with E-state index < -0.39 is 23.7 Å². The van der Waals surface area contributed by atoms with Gasteiger partial charge in [-0.05, 0) is 19.1 Å². The number of benzene rings is 1. The number of methoxy groups -OCH3 is 2. The summed E-state index contributed by atoms with van der Waals surface area (Å²) < 4.78 is 39.9. The van der Waals surface area contributed by atoms with Gasteiger partial charge in [0.05, 0.1) is 32.0 Å². The van der Waals surface area contributed by atoms with Crippen molar-refractivity contribution in [2.75, 3.05) is 20.8 Å². The molecule has 0 N–H and O–H groups in total. The predicted octanol–water partition coefficient (Wildman–Crippen LogP) is 2.39. The molecule has 0 atom stereocenters. The average molecular weight is 288 g/mol. The lowest BCUT2D eigenvalue weighted by Crippen LogP contribution is -2.18. The fourth-order valence-electron chi connectivity index (χ4n) is 1.58. The Kier molecular flexibility index (Phi) is 5.42. The first-order valence-corrected chi connectivity index (χ1v) is 5.71. The van der Waals surface area contributed by atoms with Crippen molar-refractivity contribution in [1.82, 2.24) is 0 Å². The lowest BCUT2D eigenvalue weighted by atomic mass is 10.1. The van der Waals surface area contributed by atoms with Crippen LogP contribution in [0.3, 0.4) is 0 Å². The first-order chi connectivity index (χ1) is 9.46. The molecule has 0 saturated carbocycles. The van der Waals surface area contributed by atoms with Crippen LogP contribution in [0.4, 0.5) is 8.78 Å². The van der Waals surface area contributed by atoms with E-state index in [1.165, 1.54) is 14.2 Å². The number of ether oxygens (including phenoxy) is 3. The third-order valence-electron chi connectivity index (χ3n) is 2.49. The van der Waals surface area contributed by atoms with Gasteiger partial charge in [-0.25, -0.2) is 13.6 Å². The van der Waals surface area contributed by atoms with E-state index in [2.05, 4.69) is 4.74 Å². The third kappa shape index (κ3) is 3.23. The Morgan fingerprint density at radius 2 is 1.75 bits per heavy atom. The molecule has 20 heavy (non-hydrogen) atoms. The lowest BCUT2D eigenvalue weighted by Gasteiger charge is -2.13. The molecular weight excluding hydrogens is 274 g/mol. The first kappa shape index (κ1) is 15.9. The van der Waals surface area contributed by atoms with Crippen LogP contribution in [-0.4, -0.2) is 32.6 Å². The molecule has 0 amide bonds. The van der Waals surface area contributed by atoms with Crippen LogP contribution < -0.4 is 9.47 Å². The normalized spacial score (nSPS) is 10.3. The van der Waals surface area contributed by atoms with Crippen LogP contribution in [0.5, 0.6) is 11.5 Å². The van der Waals surface area contributed by atoms with Gasteiger partial charge in [-0.1, -0.05) is 0 Å². The summed E-state index contributed by atoms with van der Waals surface area (Å²) in [5.41, 5.74) is -0.614. The number of carbonyl (C=O) groups is 2. The van der Waals surface area contributed by atoms with E-state index in [-0.39, 0.29) is 23.7 Å². The van der Waals surface area contributed by atoms with Crippen molar-refractivity contribution >= 4 is 11.8 Å². The van der Waals surface area contributed by atoms with E-state index in [0.717, 1.165) is 12.1 Å². The zero-order valence-electron chi connectivity index (χ0n) is 11.2. The van der Waals surface area contributed by atoms with Gasteiger partial charge in [-0.3, -0.25) is 4.79 Å². The molecule has 0 aliphatic carbocycles. The van der Waals surface area contributed by atoms with Gasteiger partial charge in [0.15, 0.2) is 0 Å². The number of esters is 1. The highest BCUT2D eigenvalue weighted by Crippen LogP contribution is 2.35. The molecule has 0 saturated heterocycles. The number of ketones is 1. The van der Waals surface area contributed by atoms with E-state index in [1.807, 2.05) is 0 Å². The second kappa shape index (κ2) is 6.83. The Hall–Kier alpha value is -2.18. The fourth-order valence-corrected chi connectivity index (χ4v) is 1.58. The molecule has 0 spiro atoms. The van der Waals surface area contributed by atoms with Crippen LogP contribution in [0, 0.1) is 0 Å². The molecule has 1 aromatic carbocycles. The highest BCUT2D eigenvalue weighted by Gasteiger charge is 2.26. The minimum absolute atomic E-state index is 0.0269. The molecule has 1 rings (SSSR count). The molecule has 1 aromatic rings. The summed E-state index contributed by atoms with van der Waals surface area (Å²) >= 11 is 0. The van der Waals surface area contributed by atoms with Crippen LogP contribution in [0.25, 0.3) is 0 Å². The number of hydrogen-bond acceptors (Lipinski definition) is 5. The summed E-state index contributed by atoms with van der Waals surface area (Å²) in [7, 11) is 2.39. The minimum atomic E-state index is -2.80. The predicted molar refractivity (Wildman–Crippen MR) is 65.5 cm³/mol. The molecule has 0 fully saturated rings. The van der Waals surface area contributed by atoms with Gasteiger partial charge in [0, 0.05) is 0 Å². The standard InChI is InChI=1S/C13H14F2O5/c1-4-20-13(17)11(16)7-5-10(19-3)8(12(14)15)6-9(7)18-2/h5-6,12H,4H2,1-3H3. The van der Waals surface area contributed by atoms with Gasteiger partial charge in [0.2, 0.25) is 0 Å². The Labute approximate surface area is 114 Å². The van der Waals surface area contributed by atoms with Gasteiger partial charge >= 0.3 is 5.97 Å². The quantitative estimate of drug-likeness (QED) is 0.457. The van der Waals surface area contributed by atoms with Gasteiger partial charge in [0.25, 0.3) is 12.2 Å². The Balaban J connectivity index is 3.32. The summed E-state index contributed by atoms with van der Waals surface area (Å²) in [6.45, 7) is 1.57. The number of carbonyl (C=O) groups excluding carboxylic acids is 2. The number of halogens is 2. The van der Waals surface area contributed by atoms with E-state index in [4.69, 9.17) is 9.47 Å². The van der Waals surface area contributed by atoms with E-state index in [0.29, 0.717) is 0 Å². The monoisotopic (exact) mass is 288 g/mol. The Bertz CT molecular complexity index is 514. The maximum atomic E-state index is 12.8. The van der Waals surface area contributed by atoms with Crippen molar-refractivity contribution in [3.8, 4) is 11.5 Å². The molecular formula is C13H14F2O5. The molecule has 7 heteroatoms. The second-order valence-corrected chi connectivity index (χ2v) is 3.64. The molecule has 5 nitrogen and oxygen atoms in total. The van der Waals surface area contributed by atoms with Crippen LogP contribution >= 0.6 is 0 Å². The molecule has 0 aliphatic rings. The molecule has 0 bridgehead atoms. The van der Waals surface area contributed by atoms with Gasteiger partial charge in [-0.2, -0.15) is 0 Å². The zero-order chi connectivity index (χ0) is 15.3. The minimum Gasteiger partial charge on any atom is -0.496 e. The summed E-state index contributed by atoms with van der Waals surface area (Å²) in [5.74, 6) is -2.41. The van der Waals surface area contributed by atoms with Crippen molar-refractivity contribution < 1.29 is 32.6 Å². The van der Waals surface area contributed by atoms with Crippen molar-refractivity contribution in [2.24, 2.45) is 0 Å². The fraction of sp³-hybridized carbons (Fsp3) is 0.385. The molecule has 0 unspecified atom stereocenters. The van der Waals surface area contributed by atoms with Crippen molar-refractivity contribution in [3.05, 3.63) is 23.3 Å².